The first-order valence-corrected chi connectivity index (χ1v) is 5.20. The van der Waals surface area contributed by atoms with Crippen LogP contribution in [-0.4, -0.2) is 29.8 Å². The minimum atomic E-state index is 0.0259. The van der Waals surface area contributed by atoms with Gasteiger partial charge in [-0.25, -0.2) is 4.98 Å². The van der Waals surface area contributed by atoms with Crippen LogP contribution in [0.25, 0.3) is 0 Å². The Morgan fingerprint density at radius 2 is 2.00 bits per heavy atom. The quantitative estimate of drug-likeness (QED) is 0.749. The minimum absolute atomic E-state index is 0.0259. The van der Waals surface area contributed by atoms with Gasteiger partial charge in [-0.3, -0.25) is 4.68 Å². The molecule has 0 unspecified atom stereocenters. The lowest BCUT2D eigenvalue weighted by molar-refractivity contribution is 0.512. The molecule has 2 aromatic rings. The van der Waals surface area contributed by atoms with E-state index in [4.69, 9.17) is 0 Å². The van der Waals surface area contributed by atoms with Gasteiger partial charge in [0.1, 0.15) is 18.7 Å². The van der Waals surface area contributed by atoms with Gasteiger partial charge in [-0.15, -0.1) is 0 Å². The van der Waals surface area contributed by atoms with Gasteiger partial charge < -0.3 is 0 Å². The summed E-state index contributed by atoms with van der Waals surface area (Å²) < 4.78 is 1.72. The molecular formula is C10H16N6. The van der Waals surface area contributed by atoms with E-state index in [-0.39, 0.29) is 5.41 Å². The summed E-state index contributed by atoms with van der Waals surface area (Å²) in [4.78, 5) is 5.78. The summed E-state index contributed by atoms with van der Waals surface area (Å²) in [5.74, 6) is 0.844. The predicted octanol–water partition coefficient (Wildman–Crippen LogP) is 0.752. The molecule has 0 saturated heterocycles. The van der Waals surface area contributed by atoms with Crippen LogP contribution in [0, 0.1) is 0 Å². The standard InChI is InChI=1S/C10H16N6/c1-10(2,3)8-5-12-16(14-8)6-9-11-7-13-15(9)4/h5,7H,6H2,1-4H3. The summed E-state index contributed by atoms with van der Waals surface area (Å²) >= 11 is 0. The van der Waals surface area contributed by atoms with Crippen molar-refractivity contribution in [2.45, 2.75) is 32.7 Å². The lowest BCUT2D eigenvalue weighted by Gasteiger charge is -2.13. The summed E-state index contributed by atoms with van der Waals surface area (Å²) in [5, 5.41) is 12.7. The molecule has 86 valence electrons. The van der Waals surface area contributed by atoms with Gasteiger partial charge in [-0.2, -0.15) is 20.1 Å². The first-order valence-electron chi connectivity index (χ1n) is 5.20. The minimum Gasteiger partial charge on any atom is -0.251 e. The average molecular weight is 220 g/mol. The second kappa shape index (κ2) is 3.70. The number of hydrogen-bond acceptors (Lipinski definition) is 4. The van der Waals surface area contributed by atoms with Crippen molar-refractivity contribution >= 4 is 0 Å². The second-order valence-corrected chi connectivity index (χ2v) is 4.81. The van der Waals surface area contributed by atoms with Gasteiger partial charge in [-0.05, 0) is 0 Å². The van der Waals surface area contributed by atoms with Gasteiger partial charge >= 0.3 is 0 Å². The van der Waals surface area contributed by atoms with Crippen LogP contribution < -0.4 is 0 Å². The highest BCUT2D eigenvalue weighted by atomic mass is 15.5. The van der Waals surface area contributed by atoms with E-state index in [1.165, 1.54) is 6.33 Å². The molecule has 0 aliphatic carbocycles. The van der Waals surface area contributed by atoms with Crippen molar-refractivity contribution in [1.82, 2.24) is 29.8 Å². The van der Waals surface area contributed by atoms with Crippen molar-refractivity contribution in [3.05, 3.63) is 24.0 Å². The van der Waals surface area contributed by atoms with Crippen LogP contribution >= 0.6 is 0 Å². The third kappa shape index (κ3) is 2.10. The maximum atomic E-state index is 4.42. The molecule has 0 N–H and O–H groups in total. The molecule has 0 aliphatic heterocycles. The maximum Gasteiger partial charge on any atom is 0.150 e. The van der Waals surface area contributed by atoms with Gasteiger partial charge in [0.15, 0.2) is 0 Å². The summed E-state index contributed by atoms with van der Waals surface area (Å²) in [6.07, 6.45) is 3.33. The Bertz CT molecular complexity index is 475. The van der Waals surface area contributed by atoms with E-state index in [0.29, 0.717) is 6.54 Å². The molecule has 6 nitrogen and oxygen atoms in total. The smallest absolute Gasteiger partial charge is 0.150 e. The van der Waals surface area contributed by atoms with E-state index in [0.717, 1.165) is 11.5 Å². The van der Waals surface area contributed by atoms with Crippen LogP contribution in [0.1, 0.15) is 32.3 Å². The molecular weight excluding hydrogens is 204 g/mol. The van der Waals surface area contributed by atoms with Crippen LogP contribution in [-0.2, 0) is 19.0 Å². The average Bonchev–Trinajstić information content (AvgIpc) is 2.76. The molecule has 0 amide bonds. The SMILES string of the molecule is Cn1ncnc1Cn1ncc(C(C)(C)C)n1. The molecule has 0 bridgehead atoms. The van der Waals surface area contributed by atoms with E-state index in [2.05, 4.69) is 41.1 Å². The van der Waals surface area contributed by atoms with E-state index in [1.54, 1.807) is 15.7 Å². The molecule has 0 aliphatic rings. The largest absolute Gasteiger partial charge is 0.251 e. The van der Waals surface area contributed by atoms with E-state index < -0.39 is 0 Å². The Hall–Kier alpha value is -1.72. The van der Waals surface area contributed by atoms with Crippen LogP contribution in [0.15, 0.2) is 12.5 Å². The number of nitrogens with zero attached hydrogens (tertiary/aromatic N) is 6. The first kappa shape index (κ1) is 10.8. The fourth-order valence-corrected chi connectivity index (χ4v) is 1.31. The van der Waals surface area contributed by atoms with Crippen molar-refractivity contribution in [3.63, 3.8) is 0 Å². The van der Waals surface area contributed by atoms with E-state index in [1.807, 2.05) is 7.05 Å². The number of aryl methyl sites for hydroxylation is 1. The predicted molar refractivity (Wildman–Crippen MR) is 58.8 cm³/mol. The molecule has 0 aromatic carbocycles. The molecule has 0 radical (unpaired) electrons. The second-order valence-electron chi connectivity index (χ2n) is 4.81. The third-order valence-electron chi connectivity index (χ3n) is 2.39. The monoisotopic (exact) mass is 220 g/mol. The summed E-state index contributed by atoms with van der Waals surface area (Å²) in [6, 6.07) is 0. The molecule has 16 heavy (non-hydrogen) atoms. The maximum absolute atomic E-state index is 4.42. The van der Waals surface area contributed by atoms with Gasteiger partial charge in [0.05, 0.1) is 11.9 Å². The molecule has 0 atom stereocenters. The lowest BCUT2D eigenvalue weighted by Crippen LogP contribution is -2.14. The van der Waals surface area contributed by atoms with E-state index in [9.17, 15) is 0 Å². The summed E-state index contributed by atoms with van der Waals surface area (Å²) in [7, 11) is 1.86. The van der Waals surface area contributed by atoms with Crippen LogP contribution in [0.2, 0.25) is 0 Å². The fourth-order valence-electron chi connectivity index (χ4n) is 1.31. The Labute approximate surface area is 94.3 Å². The van der Waals surface area contributed by atoms with Crippen LogP contribution in [0.5, 0.6) is 0 Å². The Morgan fingerprint density at radius 1 is 1.25 bits per heavy atom. The zero-order chi connectivity index (χ0) is 11.8. The van der Waals surface area contributed by atoms with Crippen molar-refractivity contribution in [3.8, 4) is 0 Å². The number of rotatable bonds is 2. The highest BCUT2D eigenvalue weighted by Crippen LogP contribution is 2.18. The van der Waals surface area contributed by atoms with Gasteiger partial charge in [0.25, 0.3) is 0 Å². The summed E-state index contributed by atoms with van der Waals surface area (Å²) in [5.41, 5.74) is 1.01. The first-order chi connectivity index (χ1) is 7.47. The Balaban J connectivity index is 2.18. The third-order valence-corrected chi connectivity index (χ3v) is 2.39. The normalized spacial score (nSPS) is 12.0. The number of aromatic nitrogens is 6. The summed E-state index contributed by atoms with van der Waals surface area (Å²) in [6.45, 7) is 6.89. The van der Waals surface area contributed by atoms with Crippen molar-refractivity contribution in [1.29, 1.82) is 0 Å². The number of hydrogen-bond donors (Lipinski definition) is 0. The molecule has 0 fully saturated rings. The fraction of sp³-hybridized carbons (Fsp3) is 0.600. The Kier molecular flexibility index (Phi) is 2.49. The van der Waals surface area contributed by atoms with E-state index >= 15 is 0 Å². The highest BCUT2D eigenvalue weighted by molar-refractivity contribution is 5.06. The van der Waals surface area contributed by atoms with Crippen molar-refractivity contribution < 1.29 is 0 Å². The zero-order valence-corrected chi connectivity index (χ0v) is 10.0. The molecule has 2 heterocycles. The molecule has 6 heteroatoms. The van der Waals surface area contributed by atoms with Crippen molar-refractivity contribution in [2.24, 2.45) is 7.05 Å². The molecule has 2 aromatic heterocycles. The van der Waals surface area contributed by atoms with Crippen LogP contribution in [0.3, 0.4) is 0 Å². The molecule has 2 rings (SSSR count). The van der Waals surface area contributed by atoms with Gasteiger partial charge in [-0.1, -0.05) is 20.8 Å². The van der Waals surface area contributed by atoms with Crippen molar-refractivity contribution in [2.75, 3.05) is 0 Å². The lowest BCUT2D eigenvalue weighted by atomic mass is 9.93. The topological polar surface area (TPSA) is 61.4 Å². The molecule has 0 saturated carbocycles. The zero-order valence-electron chi connectivity index (χ0n) is 10.0. The van der Waals surface area contributed by atoms with Gasteiger partial charge in [0, 0.05) is 12.5 Å². The Morgan fingerprint density at radius 3 is 2.50 bits per heavy atom. The molecule has 0 spiro atoms. The highest BCUT2D eigenvalue weighted by Gasteiger charge is 2.18. The van der Waals surface area contributed by atoms with Crippen LogP contribution in [0.4, 0.5) is 0 Å². The van der Waals surface area contributed by atoms with Gasteiger partial charge in [0.2, 0.25) is 0 Å².